The molecular formula is C15H14N6O7. The highest BCUT2D eigenvalue weighted by atomic mass is 16.7. The molecule has 0 saturated carbocycles. The van der Waals surface area contributed by atoms with Crippen molar-refractivity contribution in [1.82, 2.24) is 15.0 Å². The van der Waals surface area contributed by atoms with Gasteiger partial charge in [-0.3, -0.25) is 0 Å². The van der Waals surface area contributed by atoms with Gasteiger partial charge in [-0.1, -0.05) is 51.4 Å². The minimum atomic E-state index is -0.924. The Morgan fingerprint density at radius 1 is 0.643 bits per heavy atom. The van der Waals surface area contributed by atoms with E-state index in [2.05, 4.69) is 12.1 Å². The Morgan fingerprint density at radius 2 is 0.964 bits per heavy atom. The largest absolute Gasteiger partial charge is 0.456 e. The fourth-order valence-corrected chi connectivity index (χ4v) is 2.68. The summed E-state index contributed by atoms with van der Waals surface area (Å²) in [6.45, 7) is -1.78. The number of rotatable bonds is 3. The Kier molecular flexibility index (Phi) is 5.06. The highest BCUT2D eigenvalue weighted by Crippen LogP contribution is 2.27. The van der Waals surface area contributed by atoms with E-state index in [-0.39, 0.29) is 0 Å². The molecule has 0 radical (unpaired) electrons. The van der Waals surface area contributed by atoms with E-state index in [1.54, 1.807) is 0 Å². The molecule has 1 aromatic heterocycles. The first kappa shape index (κ1) is 18.6. The van der Waals surface area contributed by atoms with E-state index >= 15 is 0 Å². The molecule has 0 unspecified atom stereocenters. The van der Waals surface area contributed by atoms with Crippen molar-refractivity contribution in [2.75, 3.05) is 20.0 Å². The molecule has 13 heteroatoms. The number of fused-ring (bicyclic) bond motifs is 3. The van der Waals surface area contributed by atoms with Gasteiger partial charge in [-0.05, 0) is 12.1 Å². The van der Waals surface area contributed by atoms with E-state index in [1.165, 1.54) is 10.8 Å². The van der Waals surface area contributed by atoms with Crippen LogP contribution in [0.3, 0.4) is 0 Å². The van der Waals surface area contributed by atoms with Gasteiger partial charge in [0.15, 0.2) is 15.1 Å². The fourth-order valence-electron chi connectivity index (χ4n) is 2.68. The first-order valence-electron chi connectivity index (χ1n) is 7.91. The van der Waals surface area contributed by atoms with Crippen molar-refractivity contribution in [2.24, 2.45) is 0 Å². The van der Waals surface area contributed by atoms with E-state index in [1.807, 2.05) is 36.4 Å². The molecule has 2 aromatic carbocycles. The maximum absolute atomic E-state index is 10.3. The van der Waals surface area contributed by atoms with Gasteiger partial charge in [-0.2, -0.15) is 0 Å². The third-order valence-electron chi connectivity index (χ3n) is 3.96. The molecule has 146 valence electrons. The van der Waals surface area contributed by atoms with Crippen LogP contribution in [-0.2, 0) is 0 Å². The van der Waals surface area contributed by atoms with Crippen LogP contribution in [0.25, 0.3) is 21.9 Å². The van der Waals surface area contributed by atoms with Crippen LogP contribution in [0.5, 0.6) is 0 Å². The zero-order chi connectivity index (χ0) is 20.3. The lowest BCUT2D eigenvalue weighted by atomic mass is 10.2. The van der Waals surface area contributed by atoms with Crippen molar-refractivity contribution in [1.29, 1.82) is 0 Å². The van der Waals surface area contributed by atoms with E-state index in [4.69, 9.17) is 4.42 Å². The molecule has 28 heavy (non-hydrogen) atoms. The number of nitro groups is 3. The lowest BCUT2D eigenvalue weighted by molar-refractivity contribution is -0.775. The number of hydrazine groups is 3. The molecule has 1 aliphatic heterocycles. The Balaban J connectivity index is 0.000000162. The fraction of sp³-hybridized carbons (Fsp3) is 0.200. The predicted octanol–water partition coefficient (Wildman–Crippen LogP) is 1.94. The predicted molar refractivity (Wildman–Crippen MR) is 94.8 cm³/mol. The van der Waals surface area contributed by atoms with Crippen molar-refractivity contribution < 1.29 is 19.5 Å². The summed E-state index contributed by atoms with van der Waals surface area (Å²) >= 11 is 0. The monoisotopic (exact) mass is 390 g/mol. The average Bonchev–Trinajstić information content (AvgIpc) is 3.06. The van der Waals surface area contributed by atoms with Crippen LogP contribution in [0.15, 0.2) is 52.9 Å². The van der Waals surface area contributed by atoms with E-state index in [9.17, 15) is 30.3 Å². The molecule has 0 spiro atoms. The first-order valence-corrected chi connectivity index (χ1v) is 7.91. The molecule has 1 saturated heterocycles. The van der Waals surface area contributed by atoms with Crippen molar-refractivity contribution in [3.8, 4) is 0 Å². The second-order valence-electron chi connectivity index (χ2n) is 5.75. The normalized spacial score (nSPS) is 13.9. The molecule has 0 amide bonds. The number of hydrogen-bond acceptors (Lipinski definition) is 7. The molecule has 3 aromatic rings. The summed E-state index contributed by atoms with van der Waals surface area (Å²) < 4.78 is 5.65. The topological polar surface area (TPSA) is 152 Å². The van der Waals surface area contributed by atoms with Gasteiger partial charge in [-0.15, -0.1) is 0 Å². The average molecular weight is 390 g/mol. The van der Waals surface area contributed by atoms with Crippen molar-refractivity contribution >= 4 is 21.9 Å². The maximum atomic E-state index is 10.3. The first-order chi connectivity index (χ1) is 13.4. The molecular weight excluding hydrogens is 376 g/mol. The third kappa shape index (κ3) is 3.82. The molecule has 0 N–H and O–H groups in total. The van der Waals surface area contributed by atoms with Crippen LogP contribution < -0.4 is 0 Å². The van der Waals surface area contributed by atoms with Gasteiger partial charge in [0.1, 0.15) is 11.2 Å². The number of benzene rings is 2. The number of nitrogens with zero attached hydrogens (tertiary/aromatic N) is 6. The summed E-state index contributed by atoms with van der Waals surface area (Å²) in [5, 5.41) is 31.7. The molecule has 2 heterocycles. The van der Waals surface area contributed by atoms with Gasteiger partial charge in [0.2, 0.25) is 20.0 Å². The Labute approximate surface area is 156 Å². The van der Waals surface area contributed by atoms with Crippen LogP contribution in [0.4, 0.5) is 0 Å². The van der Waals surface area contributed by atoms with Crippen LogP contribution in [0, 0.1) is 30.3 Å². The second-order valence-corrected chi connectivity index (χ2v) is 5.75. The van der Waals surface area contributed by atoms with Crippen LogP contribution in [0.2, 0.25) is 0 Å². The standard InChI is InChI=1S/C12H8O.C3H6N6O6/c1-3-7-11-9(5-1)10-6-2-4-8-12(10)13-11;10-7(11)4-1-5(8(12)13)3-6(2-4)9(14)15/h1-8H;1-3H2. The summed E-state index contributed by atoms with van der Waals surface area (Å²) in [5.74, 6) is 0. The minimum Gasteiger partial charge on any atom is -0.456 e. The summed E-state index contributed by atoms with van der Waals surface area (Å²) in [6.07, 6.45) is 0. The number of furan rings is 1. The van der Waals surface area contributed by atoms with E-state index in [0.717, 1.165) is 11.2 Å². The lowest BCUT2D eigenvalue weighted by Gasteiger charge is -2.27. The molecule has 0 bridgehead atoms. The highest BCUT2D eigenvalue weighted by Gasteiger charge is 2.39. The minimum absolute atomic E-state index is 0.370. The highest BCUT2D eigenvalue weighted by molar-refractivity contribution is 6.04. The quantitative estimate of drug-likeness (QED) is 0.479. The van der Waals surface area contributed by atoms with E-state index < -0.39 is 35.1 Å². The Bertz CT molecular complexity index is 934. The summed E-state index contributed by atoms with van der Waals surface area (Å²) in [7, 11) is 0. The molecule has 1 aliphatic rings. The summed E-state index contributed by atoms with van der Waals surface area (Å²) in [6, 6.07) is 16.2. The van der Waals surface area contributed by atoms with Crippen LogP contribution in [-0.4, -0.2) is 50.1 Å². The SMILES string of the molecule is O=[N+]([O-])N1CN([N+](=O)[O-])CN([N+](=O)[O-])C1.c1ccc2c(c1)oc1ccccc12. The zero-order valence-electron chi connectivity index (χ0n) is 14.3. The Hall–Kier alpha value is -4.16. The van der Waals surface area contributed by atoms with Gasteiger partial charge in [0, 0.05) is 10.8 Å². The van der Waals surface area contributed by atoms with Crippen LogP contribution >= 0.6 is 0 Å². The molecule has 1 fully saturated rings. The molecule has 0 atom stereocenters. The molecule has 4 rings (SSSR count). The van der Waals surface area contributed by atoms with Crippen LogP contribution in [0.1, 0.15) is 0 Å². The zero-order valence-corrected chi connectivity index (χ0v) is 14.3. The summed E-state index contributed by atoms with van der Waals surface area (Å²) in [4.78, 5) is 31.0. The second kappa shape index (κ2) is 7.61. The van der Waals surface area contributed by atoms with Gasteiger partial charge in [0.25, 0.3) is 0 Å². The lowest BCUT2D eigenvalue weighted by Crippen LogP contribution is -2.59. The smallest absolute Gasteiger partial charge is 0.212 e. The maximum Gasteiger partial charge on any atom is 0.212 e. The van der Waals surface area contributed by atoms with Gasteiger partial charge in [0.05, 0.1) is 0 Å². The molecule has 13 nitrogen and oxygen atoms in total. The van der Waals surface area contributed by atoms with E-state index in [0.29, 0.717) is 15.0 Å². The number of para-hydroxylation sites is 2. The number of hydrogen-bond donors (Lipinski definition) is 0. The van der Waals surface area contributed by atoms with Crippen molar-refractivity contribution in [2.45, 2.75) is 0 Å². The van der Waals surface area contributed by atoms with Crippen molar-refractivity contribution in [3.05, 3.63) is 78.9 Å². The summed E-state index contributed by atoms with van der Waals surface area (Å²) in [5.41, 5.74) is 1.92. The van der Waals surface area contributed by atoms with Gasteiger partial charge < -0.3 is 4.42 Å². The third-order valence-corrected chi connectivity index (χ3v) is 3.96. The van der Waals surface area contributed by atoms with Gasteiger partial charge >= 0.3 is 0 Å². The van der Waals surface area contributed by atoms with Gasteiger partial charge in [-0.25, -0.2) is 30.3 Å². The van der Waals surface area contributed by atoms with Crippen molar-refractivity contribution in [3.63, 3.8) is 0 Å². The Morgan fingerprint density at radius 3 is 1.29 bits per heavy atom. The molecule has 0 aliphatic carbocycles.